The van der Waals surface area contributed by atoms with Crippen LogP contribution in [0, 0.1) is 5.92 Å². The van der Waals surface area contributed by atoms with Crippen molar-refractivity contribution in [2.45, 2.75) is 26.2 Å². The number of rotatable bonds is 4. The molecule has 6 heteroatoms. The number of nitrogens with zero attached hydrogens (tertiary/aromatic N) is 1. The van der Waals surface area contributed by atoms with E-state index in [1.165, 1.54) is 0 Å². The van der Waals surface area contributed by atoms with Crippen LogP contribution in [0.5, 0.6) is 0 Å². The third-order valence-electron chi connectivity index (χ3n) is 3.14. The molecule has 0 bridgehead atoms. The predicted octanol–water partition coefficient (Wildman–Crippen LogP) is 0.00850. The Morgan fingerprint density at radius 2 is 2.06 bits per heavy atom. The zero-order chi connectivity index (χ0) is 12.9. The molecule has 1 fully saturated rings. The summed E-state index contributed by atoms with van der Waals surface area (Å²) in [7, 11) is -2.96. The van der Waals surface area contributed by atoms with Gasteiger partial charge in [-0.3, -0.25) is 4.79 Å². The van der Waals surface area contributed by atoms with Crippen LogP contribution in [0.1, 0.15) is 26.2 Å². The molecule has 1 rings (SSSR count). The van der Waals surface area contributed by atoms with Crippen molar-refractivity contribution in [1.82, 2.24) is 4.90 Å². The van der Waals surface area contributed by atoms with Crippen molar-refractivity contribution in [3.05, 3.63) is 0 Å². The maximum atomic E-state index is 12.1. The van der Waals surface area contributed by atoms with Gasteiger partial charge >= 0.3 is 0 Å². The van der Waals surface area contributed by atoms with Gasteiger partial charge in [0.1, 0.15) is 0 Å². The molecule has 1 saturated heterocycles. The SMILES string of the molecule is CCCC(CN)C(=O)N1CCCS(=O)(=O)CC1. The maximum absolute atomic E-state index is 12.1. The van der Waals surface area contributed by atoms with E-state index in [1.807, 2.05) is 6.92 Å². The summed E-state index contributed by atoms with van der Waals surface area (Å²) in [5, 5.41) is 0. The second-order valence-corrected chi connectivity index (χ2v) is 6.86. The fourth-order valence-corrected chi connectivity index (χ4v) is 3.38. The van der Waals surface area contributed by atoms with Crippen LogP contribution in [0.2, 0.25) is 0 Å². The van der Waals surface area contributed by atoms with Gasteiger partial charge in [-0.2, -0.15) is 0 Å². The van der Waals surface area contributed by atoms with Gasteiger partial charge in [0, 0.05) is 19.6 Å². The molecule has 1 amide bonds. The van der Waals surface area contributed by atoms with E-state index in [0.29, 0.717) is 26.1 Å². The normalized spacial score (nSPS) is 21.9. The van der Waals surface area contributed by atoms with Crippen LogP contribution in [0.3, 0.4) is 0 Å². The molecule has 0 aliphatic carbocycles. The van der Waals surface area contributed by atoms with Gasteiger partial charge in [0.2, 0.25) is 5.91 Å². The van der Waals surface area contributed by atoms with Crippen LogP contribution in [0.15, 0.2) is 0 Å². The van der Waals surface area contributed by atoms with Crippen molar-refractivity contribution in [1.29, 1.82) is 0 Å². The molecule has 17 heavy (non-hydrogen) atoms. The third-order valence-corrected chi connectivity index (χ3v) is 4.85. The Balaban J connectivity index is 2.63. The lowest BCUT2D eigenvalue weighted by molar-refractivity contribution is -0.135. The van der Waals surface area contributed by atoms with Crippen LogP contribution in [-0.4, -0.2) is 50.4 Å². The summed E-state index contributed by atoms with van der Waals surface area (Å²) in [6.45, 7) is 3.22. The zero-order valence-corrected chi connectivity index (χ0v) is 11.2. The number of hydrogen-bond acceptors (Lipinski definition) is 4. The van der Waals surface area contributed by atoms with Crippen LogP contribution in [-0.2, 0) is 14.6 Å². The summed E-state index contributed by atoms with van der Waals surface area (Å²) in [6, 6.07) is 0. The molecule has 1 unspecified atom stereocenters. The van der Waals surface area contributed by atoms with Gasteiger partial charge in [-0.15, -0.1) is 0 Å². The third kappa shape index (κ3) is 4.27. The molecule has 0 aromatic carbocycles. The topological polar surface area (TPSA) is 80.5 Å². The minimum atomic E-state index is -2.96. The lowest BCUT2D eigenvalue weighted by Crippen LogP contribution is -2.40. The Bertz CT molecular complexity index is 354. The van der Waals surface area contributed by atoms with Crippen molar-refractivity contribution in [2.24, 2.45) is 11.7 Å². The van der Waals surface area contributed by atoms with Crippen molar-refractivity contribution in [3.8, 4) is 0 Å². The predicted molar refractivity (Wildman–Crippen MR) is 67.3 cm³/mol. The first-order valence-electron chi connectivity index (χ1n) is 6.19. The summed E-state index contributed by atoms with van der Waals surface area (Å²) in [6.07, 6.45) is 2.23. The van der Waals surface area contributed by atoms with Crippen LogP contribution in [0.4, 0.5) is 0 Å². The van der Waals surface area contributed by atoms with Gasteiger partial charge < -0.3 is 10.6 Å². The number of carbonyl (C=O) groups is 1. The molecule has 0 aromatic heterocycles. The molecule has 100 valence electrons. The van der Waals surface area contributed by atoms with E-state index in [0.717, 1.165) is 12.8 Å². The Morgan fingerprint density at radius 1 is 1.35 bits per heavy atom. The van der Waals surface area contributed by atoms with Crippen LogP contribution in [0.25, 0.3) is 0 Å². The van der Waals surface area contributed by atoms with E-state index >= 15 is 0 Å². The van der Waals surface area contributed by atoms with Gasteiger partial charge in [-0.05, 0) is 12.8 Å². The monoisotopic (exact) mass is 262 g/mol. The largest absolute Gasteiger partial charge is 0.341 e. The molecule has 0 radical (unpaired) electrons. The molecule has 5 nitrogen and oxygen atoms in total. The lowest BCUT2D eigenvalue weighted by atomic mass is 10.0. The summed E-state index contributed by atoms with van der Waals surface area (Å²) in [4.78, 5) is 13.8. The first kappa shape index (κ1) is 14.4. The molecule has 0 spiro atoms. The average molecular weight is 262 g/mol. The molecule has 0 aromatic rings. The maximum Gasteiger partial charge on any atom is 0.226 e. The van der Waals surface area contributed by atoms with E-state index in [2.05, 4.69) is 0 Å². The summed E-state index contributed by atoms with van der Waals surface area (Å²) >= 11 is 0. The Labute approximate surface area is 103 Å². The highest BCUT2D eigenvalue weighted by molar-refractivity contribution is 7.91. The number of nitrogens with two attached hydrogens (primary N) is 1. The quantitative estimate of drug-likeness (QED) is 0.774. The molecular formula is C11H22N2O3S. The number of hydrogen-bond donors (Lipinski definition) is 1. The smallest absolute Gasteiger partial charge is 0.226 e. The fraction of sp³-hybridized carbons (Fsp3) is 0.909. The fourth-order valence-electron chi connectivity index (χ4n) is 2.11. The van der Waals surface area contributed by atoms with Crippen LogP contribution < -0.4 is 5.73 Å². The highest BCUT2D eigenvalue weighted by Gasteiger charge is 2.26. The van der Waals surface area contributed by atoms with Gasteiger partial charge in [-0.25, -0.2) is 8.42 Å². The second-order valence-electron chi connectivity index (χ2n) is 4.55. The van der Waals surface area contributed by atoms with E-state index in [-0.39, 0.29) is 23.3 Å². The zero-order valence-electron chi connectivity index (χ0n) is 10.4. The molecule has 2 N–H and O–H groups in total. The summed E-state index contributed by atoms with van der Waals surface area (Å²) in [5.41, 5.74) is 5.59. The van der Waals surface area contributed by atoms with Crippen molar-refractivity contribution in [2.75, 3.05) is 31.1 Å². The minimum absolute atomic E-state index is 0.0199. The molecule has 0 saturated carbocycles. The Hall–Kier alpha value is -0.620. The van der Waals surface area contributed by atoms with E-state index < -0.39 is 9.84 Å². The Morgan fingerprint density at radius 3 is 2.65 bits per heavy atom. The number of sulfone groups is 1. The Kier molecular flexibility index (Phi) is 5.39. The molecule has 1 atom stereocenters. The number of amides is 1. The van der Waals surface area contributed by atoms with Gasteiger partial charge in [-0.1, -0.05) is 13.3 Å². The van der Waals surface area contributed by atoms with E-state index in [9.17, 15) is 13.2 Å². The molecule has 1 heterocycles. The standard InChI is InChI=1S/C11H22N2O3S/c1-2-4-10(9-12)11(14)13-5-3-7-17(15,16)8-6-13/h10H,2-9,12H2,1H3. The summed E-state index contributed by atoms with van der Waals surface area (Å²) < 4.78 is 22.9. The van der Waals surface area contributed by atoms with E-state index in [1.54, 1.807) is 4.90 Å². The van der Waals surface area contributed by atoms with Crippen molar-refractivity contribution < 1.29 is 13.2 Å². The van der Waals surface area contributed by atoms with Gasteiger partial charge in [0.25, 0.3) is 0 Å². The van der Waals surface area contributed by atoms with Crippen molar-refractivity contribution in [3.63, 3.8) is 0 Å². The average Bonchev–Trinajstić information content (AvgIpc) is 2.46. The second kappa shape index (κ2) is 6.35. The van der Waals surface area contributed by atoms with Gasteiger partial charge in [0.05, 0.1) is 17.4 Å². The molecule has 1 aliphatic rings. The molecule has 1 aliphatic heterocycles. The number of carbonyl (C=O) groups excluding carboxylic acids is 1. The van der Waals surface area contributed by atoms with Crippen LogP contribution >= 0.6 is 0 Å². The van der Waals surface area contributed by atoms with Crippen molar-refractivity contribution >= 4 is 15.7 Å². The van der Waals surface area contributed by atoms with Gasteiger partial charge in [0.15, 0.2) is 9.84 Å². The molecular weight excluding hydrogens is 240 g/mol. The highest BCUT2D eigenvalue weighted by atomic mass is 32.2. The minimum Gasteiger partial charge on any atom is -0.341 e. The summed E-state index contributed by atoms with van der Waals surface area (Å²) in [5.74, 6) is 0.146. The lowest BCUT2D eigenvalue weighted by Gasteiger charge is -2.24. The van der Waals surface area contributed by atoms with E-state index in [4.69, 9.17) is 5.73 Å². The highest BCUT2D eigenvalue weighted by Crippen LogP contribution is 2.12. The first-order valence-corrected chi connectivity index (χ1v) is 8.01. The first-order chi connectivity index (χ1) is 8.00.